The van der Waals surface area contributed by atoms with Crippen LogP contribution in [0, 0.1) is 0 Å². The zero-order valence-electron chi connectivity index (χ0n) is 18.8. The zero-order chi connectivity index (χ0) is 25.2. The standard InChI is InChI=1S/C27H20N2O5S2/c30-35(31,23-17-9-3-10-18-23)29(36(32,33)24-19-11-4-12-20-24)27-25(21-13-5-1-6-14-21)28-26(34-27)22-15-7-2-8-16-22/h1-20H. The van der Waals surface area contributed by atoms with Crippen LogP contribution in [0.2, 0.25) is 0 Å². The molecular weight excluding hydrogens is 496 g/mol. The first-order valence-corrected chi connectivity index (χ1v) is 13.8. The van der Waals surface area contributed by atoms with E-state index in [0.717, 1.165) is 0 Å². The number of oxazole rings is 1. The molecule has 4 aromatic carbocycles. The first kappa shape index (κ1) is 23.5. The van der Waals surface area contributed by atoms with Crippen LogP contribution >= 0.6 is 0 Å². The Labute approximate surface area is 209 Å². The van der Waals surface area contributed by atoms with E-state index < -0.39 is 25.9 Å². The van der Waals surface area contributed by atoms with Crippen LogP contribution in [-0.2, 0) is 20.0 Å². The molecule has 0 saturated carbocycles. The van der Waals surface area contributed by atoms with Crippen LogP contribution in [0.25, 0.3) is 22.7 Å². The van der Waals surface area contributed by atoms with Crippen LogP contribution < -0.4 is 3.71 Å². The smallest absolute Gasteiger partial charge is 0.280 e. The first-order chi connectivity index (χ1) is 17.4. The van der Waals surface area contributed by atoms with Crippen LogP contribution in [0.5, 0.6) is 0 Å². The van der Waals surface area contributed by atoms with Crippen molar-refractivity contribution in [3.05, 3.63) is 121 Å². The van der Waals surface area contributed by atoms with Crippen molar-refractivity contribution in [1.82, 2.24) is 4.98 Å². The molecule has 9 heteroatoms. The second-order valence-corrected chi connectivity index (χ2v) is 11.5. The van der Waals surface area contributed by atoms with Crippen molar-refractivity contribution in [2.24, 2.45) is 0 Å². The highest BCUT2D eigenvalue weighted by Gasteiger charge is 2.41. The van der Waals surface area contributed by atoms with Gasteiger partial charge < -0.3 is 4.42 Å². The zero-order valence-corrected chi connectivity index (χ0v) is 20.4. The fraction of sp³-hybridized carbons (Fsp3) is 0. The number of benzene rings is 4. The highest BCUT2D eigenvalue weighted by molar-refractivity contribution is 8.10. The summed E-state index contributed by atoms with van der Waals surface area (Å²) in [5.41, 5.74) is 1.14. The van der Waals surface area contributed by atoms with Crippen LogP contribution in [0.1, 0.15) is 0 Å². The predicted octanol–water partition coefficient (Wildman–Crippen LogP) is 5.59. The minimum Gasteiger partial charge on any atom is -0.418 e. The second-order valence-electron chi connectivity index (χ2n) is 7.74. The lowest BCUT2D eigenvalue weighted by molar-refractivity contribution is 0.559. The number of rotatable bonds is 7. The SMILES string of the molecule is O=S(=O)(c1ccccc1)N(c1oc(-c2ccccc2)nc1-c1ccccc1)S(=O)(=O)c1ccccc1. The van der Waals surface area contributed by atoms with E-state index in [0.29, 0.717) is 14.8 Å². The number of hydrogen-bond acceptors (Lipinski definition) is 6. The molecule has 0 aliphatic carbocycles. The minimum atomic E-state index is -4.65. The van der Waals surface area contributed by atoms with Crippen molar-refractivity contribution in [1.29, 1.82) is 0 Å². The summed E-state index contributed by atoms with van der Waals surface area (Å²) in [5.74, 6) is -0.339. The van der Waals surface area contributed by atoms with Gasteiger partial charge >= 0.3 is 0 Å². The van der Waals surface area contributed by atoms with Crippen LogP contribution in [0.15, 0.2) is 136 Å². The van der Waals surface area contributed by atoms with Crippen LogP contribution in [0.3, 0.4) is 0 Å². The topological polar surface area (TPSA) is 97.6 Å². The van der Waals surface area contributed by atoms with Crippen molar-refractivity contribution in [3.8, 4) is 22.7 Å². The number of hydrogen-bond donors (Lipinski definition) is 0. The van der Waals surface area contributed by atoms with Gasteiger partial charge in [0.05, 0.1) is 9.79 Å². The molecule has 0 bridgehead atoms. The van der Waals surface area contributed by atoms with E-state index in [1.807, 2.05) is 6.07 Å². The Kier molecular flexibility index (Phi) is 6.17. The molecule has 0 atom stereocenters. The molecule has 0 aliphatic rings. The summed E-state index contributed by atoms with van der Waals surface area (Å²) in [6, 6.07) is 32.3. The molecule has 0 aliphatic heterocycles. The minimum absolute atomic E-state index is 0.0773. The Morgan fingerprint density at radius 1 is 0.528 bits per heavy atom. The van der Waals surface area contributed by atoms with Gasteiger partial charge in [-0.2, -0.15) is 16.8 Å². The molecule has 5 aromatic rings. The Morgan fingerprint density at radius 2 is 0.917 bits per heavy atom. The molecule has 0 N–H and O–H groups in total. The van der Waals surface area contributed by atoms with Gasteiger partial charge in [0, 0.05) is 11.1 Å². The summed E-state index contributed by atoms with van der Waals surface area (Å²) in [7, 11) is -9.30. The summed E-state index contributed by atoms with van der Waals surface area (Å²) < 4.78 is 62.1. The third kappa shape index (κ3) is 4.30. The van der Waals surface area contributed by atoms with Gasteiger partial charge in [-0.1, -0.05) is 84.9 Å². The third-order valence-electron chi connectivity index (χ3n) is 5.36. The van der Waals surface area contributed by atoms with Gasteiger partial charge in [0.2, 0.25) is 5.89 Å². The number of aromatic nitrogens is 1. The molecule has 5 rings (SSSR count). The summed E-state index contributed by atoms with van der Waals surface area (Å²) in [6.45, 7) is 0. The van der Waals surface area contributed by atoms with Gasteiger partial charge in [-0.15, -0.1) is 3.71 Å². The van der Waals surface area contributed by atoms with Crippen LogP contribution in [0.4, 0.5) is 5.88 Å². The highest BCUT2D eigenvalue weighted by Crippen LogP contribution is 2.40. The first-order valence-electron chi connectivity index (χ1n) is 10.9. The van der Waals surface area contributed by atoms with E-state index in [1.54, 1.807) is 66.7 Å². The molecule has 0 saturated heterocycles. The average molecular weight is 517 g/mol. The van der Waals surface area contributed by atoms with Gasteiger partial charge in [0.25, 0.3) is 25.9 Å². The number of nitrogens with zero attached hydrogens (tertiary/aromatic N) is 2. The fourth-order valence-corrected chi connectivity index (χ4v) is 7.27. The van der Waals surface area contributed by atoms with Gasteiger partial charge in [-0.25, -0.2) is 4.98 Å². The van der Waals surface area contributed by atoms with Crippen LogP contribution in [-0.4, -0.2) is 21.8 Å². The third-order valence-corrected chi connectivity index (χ3v) is 9.48. The molecule has 0 spiro atoms. The van der Waals surface area contributed by atoms with E-state index in [1.165, 1.54) is 48.5 Å². The fourth-order valence-electron chi connectivity index (χ4n) is 3.65. The summed E-state index contributed by atoms with van der Waals surface area (Å²) in [4.78, 5) is 4.13. The van der Waals surface area contributed by atoms with E-state index in [-0.39, 0.29) is 21.4 Å². The molecule has 0 amide bonds. The van der Waals surface area contributed by atoms with Gasteiger partial charge in [0.1, 0.15) is 5.69 Å². The molecule has 36 heavy (non-hydrogen) atoms. The van der Waals surface area contributed by atoms with Gasteiger partial charge in [-0.3, -0.25) is 0 Å². The molecule has 1 aromatic heterocycles. The monoisotopic (exact) mass is 516 g/mol. The van der Waals surface area contributed by atoms with Crippen molar-refractivity contribution < 1.29 is 21.3 Å². The second kappa shape index (κ2) is 9.44. The maximum absolute atomic E-state index is 13.9. The molecule has 0 unspecified atom stereocenters. The summed E-state index contributed by atoms with van der Waals surface area (Å²) in [5, 5.41) is 0. The lowest BCUT2D eigenvalue weighted by Gasteiger charge is -2.22. The van der Waals surface area contributed by atoms with E-state index >= 15 is 0 Å². The maximum atomic E-state index is 13.9. The van der Waals surface area contributed by atoms with Crippen molar-refractivity contribution in [3.63, 3.8) is 0 Å². The lowest BCUT2D eigenvalue weighted by Crippen LogP contribution is -2.37. The quantitative estimate of drug-likeness (QED) is 0.280. The van der Waals surface area contributed by atoms with E-state index in [4.69, 9.17) is 4.42 Å². The average Bonchev–Trinajstić information content (AvgIpc) is 3.35. The molecule has 1 heterocycles. The van der Waals surface area contributed by atoms with Crippen molar-refractivity contribution >= 4 is 25.9 Å². The molecular formula is C27H20N2O5S2. The van der Waals surface area contributed by atoms with E-state index in [2.05, 4.69) is 4.98 Å². The van der Waals surface area contributed by atoms with Crippen molar-refractivity contribution in [2.45, 2.75) is 9.79 Å². The van der Waals surface area contributed by atoms with Gasteiger partial charge in [0.15, 0.2) is 0 Å². The highest BCUT2D eigenvalue weighted by atomic mass is 32.3. The Balaban J connectivity index is 1.83. The lowest BCUT2D eigenvalue weighted by atomic mass is 10.1. The molecule has 0 fully saturated rings. The normalized spacial score (nSPS) is 11.8. The van der Waals surface area contributed by atoms with E-state index in [9.17, 15) is 16.8 Å². The molecule has 180 valence electrons. The summed E-state index contributed by atoms with van der Waals surface area (Å²) in [6.07, 6.45) is 0. The predicted molar refractivity (Wildman–Crippen MR) is 137 cm³/mol. The van der Waals surface area contributed by atoms with Crippen molar-refractivity contribution in [2.75, 3.05) is 3.71 Å². The largest absolute Gasteiger partial charge is 0.418 e. The molecule has 7 nitrogen and oxygen atoms in total. The molecule has 0 radical (unpaired) electrons. The summed E-state index contributed by atoms with van der Waals surface area (Å²) >= 11 is 0. The Hall–Kier alpha value is -4.21. The number of anilines is 1. The Bertz CT molecular complexity index is 1620. The maximum Gasteiger partial charge on any atom is 0.280 e. The number of sulfonamides is 2. The van der Waals surface area contributed by atoms with Gasteiger partial charge in [-0.05, 0) is 36.4 Å². The Morgan fingerprint density at radius 3 is 1.36 bits per heavy atom.